The number of benzene rings is 2. The van der Waals surface area contributed by atoms with Crippen molar-refractivity contribution in [1.82, 2.24) is 15.5 Å². The van der Waals surface area contributed by atoms with Crippen LogP contribution in [-0.2, 0) is 9.53 Å². The fraction of sp³-hybridized carbons (Fsp3) is 0.360. The predicted molar refractivity (Wildman–Crippen MR) is 124 cm³/mol. The highest BCUT2D eigenvalue weighted by atomic mass is 19.1. The summed E-state index contributed by atoms with van der Waals surface area (Å²) in [6.45, 7) is 7.76. The summed E-state index contributed by atoms with van der Waals surface area (Å²) in [5.74, 6) is -0.875. The second-order valence-corrected chi connectivity index (χ2v) is 8.25. The molecule has 0 unspecified atom stereocenters. The largest absolute Gasteiger partial charge is 0.463 e. The van der Waals surface area contributed by atoms with Gasteiger partial charge in [-0.15, -0.1) is 0 Å². The Kier molecular flexibility index (Phi) is 6.93. The van der Waals surface area contributed by atoms with Gasteiger partial charge in [0.2, 0.25) is 0 Å². The molecule has 0 spiro atoms. The third-order valence-corrected chi connectivity index (χ3v) is 6.06. The van der Waals surface area contributed by atoms with Gasteiger partial charge in [0.25, 0.3) is 0 Å². The fourth-order valence-electron chi connectivity index (χ4n) is 4.39. The average Bonchev–Trinajstić information content (AvgIpc) is 2.80. The van der Waals surface area contributed by atoms with Crippen LogP contribution in [-0.4, -0.2) is 56.2 Å². The van der Waals surface area contributed by atoms with Crippen LogP contribution in [0.4, 0.5) is 14.9 Å². The van der Waals surface area contributed by atoms with Gasteiger partial charge in [-0.25, -0.2) is 14.0 Å². The number of urea groups is 1. The summed E-state index contributed by atoms with van der Waals surface area (Å²) in [6, 6.07) is 13.0. The summed E-state index contributed by atoms with van der Waals surface area (Å²) in [4.78, 5) is 29.9. The Hall–Kier alpha value is -3.39. The van der Waals surface area contributed by atoms with Crippen LogP contribution in [0, 0.1) is 12.7 Å². The molecule has 2 amide bonds. The van der Waals surface area contributed by atoms with E-state index in [0.29, 0.717) is 23.4 Å². The van der Waals surface area contributed by atoms with Gasteiger partial charge in [-0.05, 0) is 43.2 Å². The molecule has 1 atom stereocenters. The van der Waals surface area contributed by atoms with Crippen LogP contribution < -0.4 is 15.5 Å². The second kappa shape index (κ2) is 10.0. The highest BCUT2D eigenvalue weighted by Crippen LogP contribution is 2.29. The quantitative estimate of drug-likeness (QED) is 0.659. The number of carbonyl (C=O) groups excluding carboxylic acids is 2. The molecule has 0 aromatic heterocycles. The molecule has 2 aromatic carbocycles. The van der Waals surface area contributed by atoms with Gasteiger partial charge >= 0.3 is 12.0 Å². The zero-order chi connectivity index (χ0) is 23.4. The maximum absolute atomic E-state index is 13.5. The maximum Gasteiger partial charge on any atom is 0.338 e. The molecule has 7 nitrogen and oxygen atoms in total. The zero-order valence-electron chi connectivity index (χ0n) is 18.9. The number of halogens is 1. The molecule has 2 N–H and O–H groups in total. The number of piperazine rings is 1. The summed E-state index contributed by atoms with van der Waals surface area (Å²) < 4.78 is 18.8. The van der Waals surface area contributed by atoms with E-state index in [9.17, 15) is 14.0 Å². The summed E-state index contributed by atoms with van der Waals surface area (Å²) in [7, 11) is 0. The highest BCUT2D eigenvalue weighted by molar-refractivity contribution is 5.95. The van der Waals surface area contributed by atoms with E-state index < -0.39 is 18.0 Å². The molecular weight excluding hydrogens is 423 g/mol. The van der Waals surface area contributed by atoms with Crippen LogP contribution in [0.15, 0.2) is 59.8 Å². The van der Waals surface area contributed by atoms with Crippen molar-refractivity contribution in [1.29, 1.82) is 0 Å². The lowest BCUT2D eigenvalue weighted by Crippen LogP contribution is -2.52. The number of hydrogen-bond donors (Lipinski definition) is 2. The van der Waals surface area contributed by atoms with Crippen LogP contribution in [0.2, 0.25) is 0 Å². The topological polar surface area (TPSA) is 73.9 Å². The molecule has 2 heterocycles. The predicted octanol–water partition coefficient (Wildman–Crippen LogP) is 3.13. The molecule has 0 bridgehead atoms. The van der Waals surface area contributed by atoms with Crippen LogP contribution in [0.3, 0.4) is 0 Å². The number of para-hydroxylation sites is 1. The summed E-state index contributed by atoms with van der Waals surface area (Å²) in [6.07, 6.45) is 0. The molecule has 2 aliphatic rings. The number of nitrogens with one attached hydrogen (secondary N) is 2. The van der Waals surface area contributed by atoms with Crippen molar-refractivity contribution in [2.24, 2.45) is 0 Å². The van der Waals surface area contributed by atoms with Gasteiger partial charge < -0.3 is 20.3 Å². The lowest BCUT2D eigenvalue weighted by atomic mass is 9.95. The van der Waals surface area contributed by atoms with Crippen LogP contribution in [0.25, 0.3) is 0 Å². The number of aryl methyl sites for hydroxylation is 1. The Morgan fingerprint density at radius 3 is 2.45 bits per heavy atom. The Morgan fingerprint density at radius 2 is 1.79 bits per heavy atom. The monoisotopic (exact) mass is 452 g/mol. The van der Waals surface area contributed by atoms with Crippen molar-refractivity contribution < 1.29 is 18.7 Å². The molecule has 33 heavy (non-hydrogen) atoms. The number of esters is 1. The Morgan fingerprint density at radius 1 is 1.09 bits per heavy atom. The minimum Gasteiger partial charge on any atom is -0.463 e. The summed E-state index contributed by atoms with van der Waals surface area (Å²) in [5, 5.41) is 5.60. The maximum atomic E-state index is 13.5. The first-order valence-corrected chi connectivity index (χ1v) is 11.2. The third kappa shape index (κ3) is 5.17. The lowest BCUT2D eigenvalue weighted by molar-refractivity contribution is -0.139. The summed E-state index contributed by atoms with van der Waals surface area (Å²) >= 11 is 0. The number of ether oxygens (including phenoxy) is 1. The number of nitrogens with zero attached hydrogens (tertiary/aromatic N) is 2. The van der Waals surface area contributed by atoms with E-state index in [1.54, 1.807) is 19.1 Å². The van der Waals surface area contributed by atoms with Gasteiger partial charge in [0.15, 0.2) is 0 Å². The Balaban J connectivity index is 1.56. The number of carbonyl (C=O) groups is 2. The smallest absolute Gasteiger partial charge is 0.338 e. The van der Waals surface area contributed by atoms with Gasteiger partial charge in [0.1, 0.15) is 5.82 Å². The van der Waals surface area contributed by atoms with Crippen molar-refractivity contribution in [2.45, 2.75) is 19.9 Å². The molecule has 2 aromatic rings. The van der Waals surface area contributed by atoms with Crippen LogP contribution >= 0.6 is 0 Å². The lowest BCUT2D eigenvalue weighted by Gasteiger charge is -2.38. The third-order valence-electron chi connectivity index (χ3n) is 6.06. The SMILES string of the molecule is CCOC(=O)C1=C(CN2CCN(c3ccccc3C)CC2)NC(=O)N[C@H]1c1ccc(F)cc1. The van der Waals surface area contributed by atoms with Crippen LogP contribution in [0.1, 0.15) is 24.1 Å². The molecule has 2 aliphatic heterocycles. The molecule has 1 fully saturated rings. The van der Waals surface area contributed by atoms with E-state index >= 15 is 0 Å². The summed E-state index contributed by atoms with van der Waals surface area (Å²) in [5.41, 5.74) is 3.97. The van der Waals surface area contributed by atoms with Crippen molar-refractivity contribution in [3.05, 3.63) is 76.7 Å². The van der Waals surface area contributed by atoms with Gasteiger partial charge in [-0.3, -0.25) is 4.90 Å². The molecule has 4 rings (SSSR count). The Labute approximate surface area is 193 Å². The van der Waals surface area contributed by atoms with E-state index in [2.05, 4.69) is 39.5 Å². The second-order valence-electron chi connectivity index (χ2n) is 8.25. The normalized spacial score (nSPS) is 19.2. The number of amides is 2. The van der Waals surface area contributed by atoms with Crippen molar-refractivity contribution in [3.8, 4) is 0 Å². The first-order valence-electron chi connectivity index (χ1n) is 11.2. The minimum atomic E-state index is -0.707. The van der Waals surface area contributed by atoms with Gasteiger partial charge in [-0.2, -0.15) is 0 Å². The first-order chi connectivity index (χ1) is 16.0. The number of hydrogen-bond acceptors (Lipinski definition) is 5. The molecule has 1 saturated heterocycles. The zero-order valence-corrected chi connectivity index (χ0v) is 18.9. The first kappa shape index (κ1) is 22.8. The molecule has 0 aliphatic carbocycles. The Bertz CT molecular complexity index is 1050. The van der Waals surface area contributed by atoms with E-state index in [-0.39, 0.29) is 12.4 Å². The fourth-order valence-corrected chi connectivity index (χ4v) is 4.39. The molecule has 8 heteroatoms. The molecular formula is C25H29FN4O3. The molecule has 174 valence electrons. The van der Waals surface area contributed by atoms with Crippen molar-refractivity contribution in [3.63, 3.8) is 0 Å². The van der Waals surface area contributed by atoms with Gasteiger partial charge in [0, 0.05) is 44.1 Å². The number of anilines is 1. The van der Waals surface area contributed by atoms with E-state index in [4.69, 9.17) is 4.74 Å². The van der Waals surface area contributed by atoms with E-state index in [1.165, 1.54) is 23.4 Å². The van der Waals surface area contributed by atoms with Gasteiger partial charge in [0.05, 0.1) is 18.2 Å². The molecule has 0 radical (unpaired) electrons. The number of rotatable bonds is 6. The highest BCUT2D eigenvalue weighted by Gasteiger charge is 2.34. The standard InChI is InChI=1S/C25H29FN4O3/c1-3-33-24(31)22-20(27-25(32)28-23(22)18-8-10-19(26)11-9-18)16-29-12-14-30(15-13-29)21-7-5-4-6-17(21)2/h4-11,23H,3,12-16H2,1-2H3,(H2,27,28,32)/t23-/m0/s1. The van der Waals surface area contributed by atoms with Crippen molar-refractivity contribution in [2.75, 3.05) is 44.2 Å². The van der Waals surface area contributed by atoms with Gasteiger partial charge in [-0.1, -0.05) is 30.3 Å². The van der Waals surface area contributed by atoms with E-state index in [0.717, 1.165) is 26.2 Å². The van der Waals surface area contributed by atoms with Crippen molar-refractivity contribution >= 4 is 17.7 Å². The molecule has 0 saturated carbocycles. The minimum absolute atomic E-state index is 0.217. The average molecular weight is 453 g/mol. The van der Waals surface area contributed by atoms with Crippen LogP contribution in [0.5, 0.6) is 0 Å². The van der Waals surface area contributed by atoms with E-state index in [1.807, 2.05) is 12.1 Å².